The van der Waals surface area contributed by atoms with Crippen LogP contribution in [-0.2, 0) is 0 Å². The van der Waals surface area contributed by atoms with Crippen LogP contribution in [0.3, 0.4) is 0 Å². The minimum absolute atomic E-state index is 0.0135. The molecule has 3 aliphatic carbocycles. The van der Waals surface area contributed by atoms with Crippen molar-refractivity contribution in [3.63, 3.8) is 0 Å². The first-order valence-electron chi connectivity index (χ1n) is 27.6. The van der Waals surface area contributed by atoms with Gasteiger partial charge in [-0.3, -0.25) is 9.97 Å². The predicted molar refractivity (Wildman–Crippen MR) is 326 cm³/mol. The molecule has 6 heterocycles. The van der Waals surface area contributed by atoms with E-state index in [0.29, 0.717) is 11.6 Å². The number of fused-ring (bicyclic) bond motifs is 6. The summed E-state index contributed by atoms with van der Waals surface area (Å²) < 4.78 is 12.9. The Balaban J connectivity index is 0.765. The van der Waals surface area contributed by atoms with Crippen molar-refractivity contribution >= 4 is 43.9 Å². The molecule has 0 radical (unpaired) electrons. The monoisotopic (exact) mass is 1050 g/mol. The Morgan fingerprint density at radius 2 is 0.646 bits per heavy atom. The van der Waals surface area contributed by atoms with Gasteiger partial charge in [0.25, 0.3) is 0 Å². The minimum atomic E-state index is 0.0135. The van der Waals surface area contributed by atoms with Gasteiger partial charge in [-0.05, 0) is 93.0 Å². The molecule has 3 aliphatic rings. The lowest BCUT2D eigenvalue weighted by Gasteiger charge is -2.42. The van der Waals surface area contributed by atoms with Gasteiger partial charge < -0.3 is 8.83 Å². The van der Waals surface area contributed by atoms with Crippen LogP contribution in [0.5, 0.6) is 0 Å². The molecule has 8 heteroatoms. The third-order valence-corrected chi connectivity index (χ3v) is 16.7. The van der Waals surface area contributed by atoms with Crippen LogP contribution < -0.4 is 0 Å². The molecule has 6 aromatic heterocycles. The van der Waals surface area contributed by atoms with Crippen molar-refractivity contribution in [2.24, 2.45) is 0 Å². The van der Waals surface area contributed by atoms with E-state index in [4.69, 9.17) is 28.8 Å². The van der Waals surface area contributed by atoms with Crippen LogP contribution in [0.25, 0.3) is 134 Å². The van der Waals surface area contributed by atoms with Gasteiger partial charge in [-0.25, -0.2) is 19.9 Å². The lowest BCUT2D eigenvalue weighted by atomic mass is 9.60. The van der Waals surface area contributed by atoms with Crippen molar-refractivity contribution < 1.29 is 8.83 Å². The maximum Gasteiger partial charge on any atom is 0.160 e. The van der Waals surface area contributed by atoms with Gasteiger partial charge in [-0.2, -0.15) is 0 Å². The van der Waals surface area contributed by atoms with Gasteiger partial charge in [0.15, 0.2) is 11.6 Å². The van der Waals surface area contributed by atoms with Crippen LogP contribution in [0.1, 0.15) is 45.2 Å². The van der Waals surface area contributed by atoms with E-state index in [2.05, 4.69) is 192 Å². The molecular weight excluding hydrogens is 1000 g/mol. The first kappa shape index (κ1) is 46.0. The summed E-state index contributed by atoms with van der Waals surface area (Å²) >= 11 is 0. The van der Waals surface area contributed by atoms with Crippen LogP contribution in [0, 0.1) is 0 Å². The Hall–Kier alpha value is -11.0. The summed E-state index contributed by atoms with van der Waals surface area (Å²) in [6, 6.07) is 81.4. The smallest absolute Gasteiger partial charge is 0.160 e. The summed E-state index contributed by atoms with van der Waals surface area (Å²) in [6.07, 6.45) is 7.29. The second kappa shape index (κ2) is 18.3. The lowest BCUT2D eigenvalue weighted by molar-refractivity contribution is 0.669. The molecule has 2 atom stereocenters. The predicted octanol–water partition coefficient (Wildman–Crippen LogP) is 18.2. The zero-order chi connectivity index (χ0) is 53.8. The fraction of sp³-hybridized carbons (Fsp3) is 0.0270. The third-order valence-electron chi connectivity index (χ3n) is 16.7. The number of pyridine rings is 2. The van der Waals surface area contributed by atoms with Crippen molar-refractivity contribution in [3.05, 3.63) is 289 Å². The van der Waals surface area contributed by atoms with Crippen LogP contribution in [0.4, 0.5) is 0 Å². The van der Waals surface area contributed by atoms with E-state index in [9.17, 15) is 0 Å². The van der Waals surface area contributed by atoms with E-state index in [1.165, 1.54) is 33.4 Å². The first-order chi connectivity index (χ1) is 40.6. The standard InChI is InChI=1S/C74H44N6O2/c1-3-13-43(14-4-1)73-77-63(47-19-9-17-45(35-47)51-23-11-25-57-61-41-75-33-31-67(61)81-71(51)57)39-65(79-73)49-27-29-55-59(37-49)69-53-21-7-8-22-54(53)70(55)60-38-50(28-30-56(60)69)66-40-64(78-74(80-66)44-15-5-2-6-16-44)48-20-10-18-46(36-48)52-24-12-26-58-62-42-76-34-32-68(62)82-72(52)58/h1-42,69-70H. The SMILES string of the molecule is c1ccc(-c2nc(-c3cccc(-c4cccc5c4oc4ccncc45)c3)cc(-c3ccc4c(c3)C3c5ccccc5C4c4cc(-c5cc(-c6cccc(-c7cccc8c7oc7ccncc78)c6)nc(-c6ccccc6)n5)ccc43)n2)cc1. The zero-order valence-electron chi connectivity index (χ0n) is 43.9. The number of hydrogen-bond acceptors (Lipinski definition) is 8. The number of nitrogens with zero attached hydrogens (tertiary/aromatic N) is 6. The highest BCUT2D eigenvalue weighted by Crippen LogP contribution is 2.57. The molecule has 82 heavy (non-hydrogen) atoms. The first-order valence-corrected chi connectivity index (χ1v) is 27.6. The highest BCUT2D eigenvalue weighted by molar-refractivity contribution is 6.10. The molecule has 9 aromatic carbocycles. The quantitative estimate of drug-likeness (QED) is 0.148. The zero-order valence-corrected chi connectivity index (χ0v) is 43.9. The maximum atomic E-state index is 6.47. The lowest BCUT2D eigenvalue weighted by Crippen LogP contribution is -2.27. The second-order valence-electron chi connectivity index (χ2n) is 21.3. The third kappa shape index (κ3) is 7.38. The van der Waals surface area contributed by atoms with E-state index >= 15 is 0 Å². The maximum absolute atomic E-state index is 6.47. The molecule has 0 saturated heterocycles. The largest absolute Gasteiger partial charge is 0.455 e. The van der Waals surface area contributed by atoms with E-state index in [1.807, 2.05) is 60.9 Å². The van der Waals surface area contributed by atoms with Gasteiger partial charge in [0.05, 0.1) is 22.8 Å². The average molecular weight is 1050 g/mol. The molecule has 8 nitrogen and oxygen atoms in total. The van der Waals surface area contributed by atoms with Crippen molar-refractivity contribution in [1.82, 2.24) is 29.9 Å². The van der Waals surface area contributed by atoms with Crippen LogP contribution in [-0.4, -0.2) is 29.9 Å². The van der Waals surface area contributed by atoms with Gasteiger partial charge in [0, 0.05) is 103 Å². The van der Waals surface area contributed by atoms with E-state index < -0.39 is 0 Å². The molecule has 0 aliphatic heterocycles. The number of rotatable bonds is 8. The molecule has 2 unspecified atom stereocenters. The molecule has 0 fully saturated rings. The van der Waals surface area contributed by atoms with Gasteiger partial charge >= 0.3 is 0 Å². The topological polar surface area (TPSA) is 104 Å². The molecule has 2 bridgehead atoms. The van der Waals surface area contributed by atoms with Crippen molar-refractivity contribution in [3.8, 4) is 90.1 Å². The van der Waals surface area contributed by atoms with Crippen LogP contribution in [0.15, 0.2) is 264 Å². The summed E-state index contributed by atoms with van der Waals surface area (Å²) in [7, 11) is 0. The summed E-state index contributed by atoms with van der Waals surface area (Å²) in [5, 5.41) is 4.08. The van der Waals surface area contributed by atoms with E-state index in [0.717, 1.165) is 122 Å². The molecule has 18 rings (SSSR count). The average Bonchev–Trinajstić information content (AvgIpc) is 3.97. The van der Waals surface area contributed by atoms with Crippen molar-refractivity contribution in [2.75, 3.05) is 0 Å². The van der Waals surface area contributed by atoms with Gasteiger partial charge in [0.1, 0.15) is 22.3 Å². The molecular formula is C74H44N6O2. The summed E-state index contributed by atoms with van der Waals surface area (Å²) in [5.74, 6) is 1.36. The summed E-state index contributed by atoms with van der Waals surface area (Å²) in [4.78, 5) is 30.0. The Morgan fingerprint density at radius 3 is 1.10 bits per heavy atom. The van der Waals surface area contributed by atoms with E-state index in [-0.39, 0.29) is 11.8 Å². The molecule has 0 amide bonds. The summed E-state index contributed by atoms with van der Waals surface area (Å²) in [6.45, 7) is 0. The van der Waals surface area contributed by atoms with Gasteiger partial charge in [-0.15, -0.1) is 0 Å². The number of para-hydroxylation sites is 2. The minimum Gasteiger partial charge on any atom is -0.455 e. The number of hydrogen-bond donors (Lipinski definition) is 0. The molecule has 0 spiro atoms. The highest BCUT2D eigenvalue weighted by atomic mass is 16.3. The normalized spacial score (nSPS) is 14.1. The Labute approximate surface area is 470 Å². The van der Waals surface area contributed by atoms with E-state index in [1.54, 1.807) is 12.4 Å². The molecule has 0 saturated carbocycles. The second-order valence-corrected chi connectivity index (χ2v) is 21.3. The fourth-order valence-corrected chi connectivity index (χ4v) is 12.9. The Bertz CT molecular complexity index is 4770. The molecule has 15 aromatic rings. The van der Waals surface area contributed by atoms with Crippen molar-refractivity contribution in [2.45, 2.75) is 11.8 Å². The number of benzene rings is 9. The summed E-state index contributed by atoms with van der Waals surface area (Å²) in [5.41, 5.74) is 24.6. The highest BCUT2D eigenvalue weighted by Gasteiger charge is 2.41. The van der Waals surface area contributed by atoms with Crippen LogP contribution in [0.2, 0.25) is 0 Å². The molecule has 0 N–H and O–H groups in total. The fourth-order valence-electron chi connectivity index (χ4n) is 12.9. The Morgan fingerprint density at radius 1 is 0.268 bits per heavy atom. The van der Waals surface area contributed by atoms with Crippen LogP contribution >= 0.6 is 0 Å². The Kier molecular flexibility index (Phi) is 10.3. The number of furan rings is 2. The number of aromatic nitrogens is 6. The van der Waals surface area contributed by atoms with Gasteiger partial charge in [0.2, 0.25) is 0 Å². The van der Waals surface area contributed by atoms with Gasteiger partial charge in [-0.1, -0.05) is 182 Å². The molecule has 382 valence electrons. The van der Waals surface area contributed by atoms with Crippen molar-refractivity contribution in [1.29, 1.82) is 0 Å².